The Balaban J connectivity index is 1.85. The van der Waals surface area contributed by atoms with E-state index in [1.165, 1.54) is 23.5 Å². The molecule has 2 aromatic rings. The highest BCUT2D eigenvalue weighted by Crippen LogP contribution is 2.35. The molecule has 7 heteroatoms. The maximum absolute atomic E-state index is 12.5. The van der Waals surface area contributed by atoms with Crippen LogP contribution in [0.1, 0.15) is 22.5 Å². The van der Waals surface area contributed by atoms with Gasteiger partial charge in [0.2, 0.25) is 0 Å². The van der Waals surface area contributed by atoms with Crippen molar-refractivity contribution in [2.75, 3.05) is 18.1 Å². The standard InChI is InChI=1S/C15H17NO4S2/c17-8-15(1-3-21-4-2-15)16-14(20)13-6-9-5-10(18)11(19)7-12(9)22-13/h5-7,17-19H,1-4,8H2,(H,16,20). The maximum atomic E-state index is 12.5. The predicted molar refractivity (Wildman–Crippen MR) is 89.0 cm³/mol. The van der Waals surface area contributed by atoms with E-state index in [1.807, 2.05) is 11.8 Å². The van der Waals surface area contributed by atoms with Gasteiger partial charge in [0.1, 0.15) is 0 Å². The second-order valence-corrected chi connectivity index (χ2v) is 7.80. The van der Waals surface area contributed by atoms with Gasteiger partial charge in [-0.25, -0.2) is 0 Å². The summed E-state index contributed by atoms with van der Waals surface area (Å²) < 4.78 is 0.734. The summed E-state index contributed by atoms with van der Waals surface area (Å²) in [6.07, 6.45) is 1.51. The summed E-state index contributed by atoms with van der Waals surface area (Å²) >= 11 is 3.08. The SMILES string of the molecule is O=C(NC1(CO)CCSCC1)c1cc2cc(O)c(O)cc2s1. The summed E-state index contributed by atoms with van der Waals surface area (Å²) in [6, 6.07) is 4.58. The molecule has 1 aromatic heterocycles. The van der Waals surface area contributed by atoms with Gasteiger partial charge >= 0.3 is 0 Å². The molecule has 1 amide bonds. The molecule has 0 unspecified atom stereocenters. The first-order valence-electron chi connectivity index (χ1n) is 7.00. The fourth-order valence-corrected chi connectivity index (χ4v) is 4.81. The van der Waals surface area contributed by atoms with Gasteiger partial charge in [-0.2, -0.15) is 11.8 Å². The van der Waals surface area contributed by atoms with Crippen LogP contribution in [-0.2, 0) is 0 Å². The fourth-order valence-electron chi connectivity index (χ4n) is 2.56. The first-order valence-corrected chi connectivity index (χ1v) is 8.97. The normalized spacial score (nSPS) is 17.5. The number of hydrogen-bond donors (Lipinski definition) is 4. The average molecular weight is 339 g/mol. The molecule has 0 saturated carbocycles. The third-order valence-corrected chi connectivity index (χ3v) is 6.05. The molecule has 0 spiro atoms. The fraction of sp³-hybridized carbons (Fsp3) is 0.400. The zero-order valence-electron chi connectivity index (χ0n) is 11.8. The van der Waals surface area contributed by atoms with Gasteiger partial charge < -0.3 is 20.6 Å². The first kappa shape index (κ1) is 15.5. The lowest BCUT2D eigenvalue weighted by molar-refractivity contribution is 0.0821. The topological polar surface area (TPSA) is 89.8 Å². The minimum Gasteiger partial charge on any atom is -0.504 e. The average Bonchev–Trinajstić information content (AvgIpc) is 2.91. The summed E-state index contributed by atoms with van der Waals surface area (Å²) in [6.45, 7) is -0.0637. The number of benzene rings is 1. The lowest BCUT2D eigenvalue weighted by Gasteiger charge is -2.36. The van der Waals surface area contributed by atoms with Crippen LogP contribution in [0.25, 0.3) is 10.1 Å². The van der Waals surface area contributed by atoms with Crippen LogP contribution in [0, 0.1) is 0 Å². The van der Waals surface area contributed by atoms with Crippen molar-refractivity contribution in [3.8, 4) is 11.5 Å². The Morgan fingerprint density at radius 1 is 1.18 bits per heavy atom. The highest BCUT2D eigenvalue weighted by molar-refractivity contribution is 7.99. The number of carbonyl (C=O) groups excluding carboxylic acids is 1. The van der Waals surface area contributed by atoms with E-state index in [1.54, 1.807) is 6.07 Å². The van der Waals surface area contributed by atoms with E-state index in [0.29, 0.717) is 10.3 Å². The van der Waals surface area contributed by atoms with E-state index in [2.05, 4.69) is 5.32 Å². The monoisotopic (exact) mass is 339 g/mol. The van der Waals surface area contributed by atoms with Crippen molar-refractivity contribution in [2.45, 2.75) is 18.4 Å². The number of phenolic OH excluding ortho intramolecular Hbond substituents is 2. The van der Waals surface area contributed by atoms with Crippen molar-refractivity contribution in [3.05, 3.63) is 23.1 Å². The highest BCUT2D eigenvalue weighted by Gasteiger charge is 2.33. The van der Waals surface area contributed by atoms with Crippen LogP contribution in [0.2, 0.25) is 0 Å². The third-order valence-electron chi connectivity index (χ3n) is 3.97. The Morgan fingerprint density at radius 2 is 1.86 bits per heavy atom. The van der Waals surface area contributed by atoms with Gasteiger partial charge in [-0.3, -0.25) is 4.79 Å². The third kappa shape index (κ3) is 2.88. The van der Waals surface area contributed by atoms with Crippen LogP contribution in [-0.4, -0.2) is 44.9 Å². The molecule has 0 aliphatic carbocycles. The smallest absolute Gasteiger partial charge is 0.261 e. The predicted octanol–water partition coefficient (Wildman–Crippen LogP) is 2.30. The number of aliphatic hydroxyl groups is 1. The zero-order valence-corrected chi connectivity index (χ0v) is 13.5. The number of hydrogen-bond acceptors (Lipinski definition) is 6. The van der Waals surface area contributed by atoms with Crippen LogP contribution in [0.3, 0.4) is 0 Å². The van der Waals surface area contributed by atoms with Crippen LogP contribution >= 0.6 is 23.1 Å². The minimum absolute atomic E-state index is 0.0637. The largest absolute Gasteiger partial charge is 0.504 e. The van der Waals surface area contributed by atoms with Gasteiger partial charge in [-0.1, -0.05) is 0 Å². The first-order chi connectivity index (χ1) is 10.5. The van der Waals surface area contributed by atoms with Gasteiger partial charge in [-0.05, 0) is 41.9 Å². The molecule has 0 atom stereocenters. The Hall–Kier alpha value is -1.44. The Kier molecular flexibility index (Phi) is 4.20. The zero-order chi connectivity index (χ0) is 15.7. The number of carbonyl (C=O) groups is 1. The van der Waals surface area contributed by atoms with Crippen molar-refractivity contribution in [2.24, 2.45) is 0 Å². The molecule has 0 radical (unpaired) electrons. The molecule has 1 fully saturated rings. The number of thiophene rings is 1. The summed E-state index contributed by atoms with van der Waals surface area (Å²) in [4.78, 5) is 13.0. The number of aliphatic hydroxyl groups excluding tert-OH is 1. The maximum Gasteiger partial charge on any atom is 0.261 e. The summed E-state index contributed by atoms with van der Waals surface area (Å²) in [7, 11) is 0. The molecular weight excluding hydrogens is 322 g/mol. The van der Waals surface area contributed by atoms with Crippen molar-refractivity contribution in [3.63, 3.8) is 0 Å². The van der Waals surface area contributed by atoms with Gasteiger partial charge in [0.25, 0.3) is 5.91 Å². The highest BCUT2D eigenvalue weighted by atomic mass is 32.2. The van der Waals surface area contributed by atoms with Gasteiger partial charge in [0, 0.05) is 10.8 Å². The molecule has 4 N–H and O–H groups in total. The quantitative estimate of drug-likeness (QED) is 0.644. The Morgan fingerprint density at radius 3 is 2.55 bits per heavy atom. The van der Waals surface area contributed by atoms with Crippen molar-refractivity contribution < 1.29 is 20.1 Å². The van der Waals surface area contributed by atoms with Crippen molar-refractivity contribution >= 4 is 39.1 Å². The molecule has 5 nitrogen and oxygen atoms in total. The molecular formula is C15H17NO4S2. The van der Waals surface area contributed by atoms with Gasteiger partial charge in [0.05, 0.1) is 17.0 Å². The van der Waals surface area contributed by atoms with Crippen LogP contribution in [0.5, 0.6) is 11.5 Å². The second kappa shape index (κ2) is 5.98. The number of rotatable bonds is 3. The van der Waals surface area contributed by atoms with E-state index in [9.17, 15) is 20.1 Å². The molecule has 1 aliphatic rings. The lowest BCUT2D eigenvalue weighted by atomic mass is 9.93. The molecule has 1 saturated heterocycles. The van der Waals surface area contributed by atoms with Crippen LogP contribution in [0.4, 0.5) is 0 Å². The van der Waals surface area contributed by atoms with Gasteiger partial charge in [0.15, 0.2) is 11.5 Å². The second-order valence-electron chi connectivity index (χ2n) is 5.49. The van der Waals surface area contributed by atoms with E-state index in [0.717, 1.165) is 29.0 Å². The summed E-state index contributed by atoms with van der Waals surface area (Å²) in [5, 5.41) is 32.4. The molecule has 0 bridgehead atoms. The number of nitrogens with one attached hydrogen (secondary N) is 1. The number of thioether (sulfide) groups is 1. The molecule has 3 rings (SSSR count). The summed E-state index contributed by atoms with van der Waals surface area (Å²) in [5.41, 5.74) is -0.539. The lowest BCUT2D eigenvalue weighted by Crippen LogP contribution is -2.53. The van der Waals surface area contributed by atoms with E-state index >= 15 is 0 Å². The Bertz CT molecular complexity index is 668. The van der Waals surface area contributed by atoms with E-state index < -0.39 is 5.54 Å². The molecule has 1 aromatic carbocycles. The molecule has 118 valence electrons. The molecule has 2 heterocycles. The minimum atomic E-state index is -0.539. The number of amides is 1. The number of fused-ring (bicyclic) bond motifs is 1. The number of phenols is 2. The summed E-state index contributed by atoms with van der Waals surface area (Å²) in [5.74, 6) is 1.23. The van der Waals surface area contributed by atoms with E-state index in [-0.39, 0.29) is 24.0 Å². The van der Waals surface area contributed by atoms with Crippen LogP contribution < -0.4 is 5.32 Å². The van der Waals surface area contributed by atoms with E-state index in [4.69, 9.17) is 0 Å². The number of aromatic hydroxyl groups is 2. The van der Waals surface area contributed by atoms with Gasteiger partial charge in [-0.15, -0.1) is 11.3 Å². The molecule has 1 aliphatic heterocycles. The Labute approximate surface area is 136 Å². The van der Waals surface area contributed by atoms with Crippen molar-refractivity contribution in [1.29, 1.82) is 0 Å². The van der Waals surface area contributed by atoms with Crippen molar-refractivity contribution in [1.82, 2.24) is 5.32 Å². The van der Waals surface area contributed by atoms with Crippen LogP contribution in [0.15, 0.2) is 18.2 Å². The molecule has 22 heavy (non-hydrogen) atoms.